The SMILES string of the molecule is CCCn1c(SC(C(N)=O)c2ccccc2)nnc1-c1ccncc1. The van der Waals surface area contributed by atoms with Gasteiger partial charge in [0.25, 0.3) is 0 Å². The van der Waals surface area contributed by atoms with Crippen molar-refractivity contribution in [1.29, 1.82) is 0 Å². The second kappa shape index (κ2) is 7.94. The summed E-state index contributed by atoms with van der Waals surface area (Å²) in [6.07, 6.45) is 4.38. The monoisotopic (exact) mass is 353 g/mol. The molecule has 0 saturated carbocycles. The van der Waals surface area contributed by atoms with Crippen LogP contribution in [0.25, 0.3) is 11.4 Å². The van der Waals surface area contributed by atoms with Gasteiger partial charge in [-0.15, -0.1) is 10.2 Å². The minimum Gasteiger partial charge on any atom is -0.368 e. The topological polar surface area (TPSA) is 86.7 Å². The summed E-state index contributed by atoms with van der Waals surface area (Å²) < 4.78 is 2.03. The van der Waals surface area contributed by atoms with Gasteiger partial charge >= 0.3 is 0 Å². The second-order valence-corrected chi connectivity index (χ2v) is 6.58. The van der Waals surface area contributed by atoms with Crippen molar-refractivity contribution < 1.29 is 4.79 Å². The Morgan fingerprint density at radius 1 is 1.16 bits per heavy atom. The Balaban J connectivity index is 1.96. The van der Waals surface area contributed by atoms with Gasteiger partial charge in [-0.1, -0.05) is 49.0 Å². The number of thioether (sulfide) groups is 1. The van der Waals surface area contributed by atoms with Gasteiger partial charge in [-0.2, -0.15) is 0 Å². The molecule has 1 aromatic carbocycles. The van der Waals surface area contributed by atoms with Crippen LogP contribution in [0.2, 0.25) is 0 Å². The molecule has 3 aromatic rings. The number of primary amides is 1. The van der Waals surface area contributed by atoms with E-state index >= 15 is 0 Å². The molecule has 2 heterocycles. The van der Waals surface area contributed by atoms with E-state index in [-0.39, 0.29) is 0 Å². The van der Waals surface area contributed by atoms with Gasteiger partial charge in [0.1, 0.15) is 5.25 Å². The standard InChI is InChI=1S/C18H19N5OS/c1-2-12-23-17(14-8-10-20-11-9-14)21-22-18(23)25-15(16(19)24)13-6-4-3-5-7-13/h3-11,15H,2,12H2,1H3,(H2,19,24). The number of amides is 1. The normalized spacial score (nSPS) is 12.0. The van der Waals surface area contributed by atoms with Crippen LogP contribution in [0, 0.1) is 0 Å². The summed E-state index contributed by atoms with van der Waals surface area (Å²) in [5.41, 5.74) is 7.43. The first-order chi connectivity index (χ1) is 12.2. The molecular weight excluding hydrogens is 334 g/mol. The summed E-state index contributed by atoms with van der Waals surface area (Å²) in [5.74, 6) is 0.371. The van der Waals surface area contributed by atoms with E-state index in [0.29, 0.717) is 5.16 Å². The van der Waals surface area contributed by atoms with Crippen molar-refractivity contribution in [3.63, 3.8) is 0 Å². The average molecular weight is 353 g/mol. The van der Waals surface area contributed by atoms with E-state index in [1.807, 2.05) is 47.0 Å². The zero-order valence-electron chi connectivity index (χ0n) is 13.9. The Morgan fingerprint density at radius 3 is 2.52 bits per heavy atom. The molecule has 0 aliphatic heterocycles. The molecule has 0 fully saturated rings. The van der Waals surface area contributed by atoms with Crippen molar-refractivity contribution >= 4 is 17.7 Å². The maximum absolute atomic E-state index is 12.0. The molecule has 6 nitrogen and oxygen atoms in total. The molecule has 25 heavy (non-hydrogen) atoms. The van der Waals surface area contributed by atoms with Crippen molar-refractivity contribution in [2.45, 2.75) is 30.3 Å². The van der Waals surface area contributed by atoms with Gasteiger partial charge in [0, 0.05) is 24.5 Å². The van der Waals surface area contributed by atoms with E-state index in [0.717, 1.165) is 29.9 Å². The molecule has 0 aliphatic carbocycles. The number of nitrogens with zero attached hydrogens (tertiary/aromatic N) is 4. The summed E-state index contributed by atoms with van der Waals surface area (Å²) in [7, 11) is 0. The van der Waals surface area contributed by atoms with E-state index in [9.17, 15) is 4.79 Å². The fourth-order valence-corrected chi connectivity index (χ4v) is 3.55. The van der Waals surface area contributed by atoms with Gasteiger partial charge < -0.3 is 10.3 Å². The summed E-state index contributed by atoms with van der Waals surface area (Å²) in [6.45, 7) is 2.85. The van der Waals surface area contributed by atoms with Crippen LogP contribution in [0.4, 0.5) is 0 Å². The van der Waals surface area contributed by atoms with E-state index < -0.39 is 11.2 Å². The number of rotatable bonds is 7. The summed E-state index contributed by atoms with van der Waals surface area (Å²) in [4.78, 5) is 16.0. The Kier molecular flexibility index (Phi) is 5.45. The molecule has 0 spiro atoms. The fraction of sp³-hybridized carbons (Fsp3) is 0.222. The van der Waals surface area contributed by atoms with E-state index in [1.54, 1.807) is 12.4 Å². The molecule has 2 aromatic heterocycles. The summed E-state index contributed by atoms with van der Waals surface area (Å²) >= 11 is 1.33. The van der Waals surface area contributed by atoms with Crippen LogP contribution in [-0.4, -0.2) is 25.7 Å². The van der Waals surface area contributed by atoms with Gasteiger partial charge in [0.15, 0.2) is 11.0 Å². The van der Waals surface area contributed by atoms with Crippen molar-refractivity contribution in [2.75, 3.05) is 0 Å². The number of carbonyl (C=O) groups excluding carboxylic acids is 1. The van der Waals surface area contributed by atoms with Crippen molar-refractivity contribution in [1.82, 2.24) is 19.7 Å². The largest absolute Gasteiger partial charge is 0.368 e. The van der Waals surface area contributed by atoms with Crippen LogP contribution in [0.1, 0.15) is 24.2 Å². The number of pyridine rings is 1. The third-order valence-corrected chi connectivity index (χ3v) is 4.94. The van der Waals surface area contributed by atoms with Crippen LogP contribution in [-0.2, 0) is 11.3 Å². The molecule has 0 bridgehead atoms. The molecule has 0 saturated heterocycles. The Labute approximate surface area is 150 Å². The summed E-state index contributed by atoms with van der Waals surface area (Å²) in [6, 6.07) is 13.3. The number of hydrogen-bond acceptors (Lipinski definition) is 5. The Morgan fingerprint density at radius 2 is 1.88 bits per heavy atom. The lowest BCUT2D eigenvalue weighted by Gasteiger charge is -2.14. The third kappa shape index (κ3) is 3.88. The summed E-state index contributed by atoms with van der Waals surface area (Å²) in [5, 5.41) is 8.80. The lowest BCUT2D eigenvalue weighted by molar-refractivity contribution is -0.117. The molecule has 0 radical (unpaired) electrons. The van der Waals surface area contributed by atoms with Gasteiger partial charge in [-0.25, -0.2) is 0 Å². The second-order valence-electron chi connectivity index (χ2n) is 5.50. The molecule has 2 N–H and O–H groups in total. The maximum Gasteiger partial charge on any atom is 0.235 e. The fourth-order valence-electron chi connectivity index (χ4n) is 2.54. The minimum atomic E-state index is -0.508. The van der Waals surface area contributed by atoms with Gasteiger partial charge in [-0.05, 0) is 24.1 Å². The number of benzene rings is 1. The number of nitrogens with two attached hydrogens (primary N) is 1. The van der Waals surface area contributed by atoms with E-state index in [1.165, 1.54) is 11.8 Å². The lowest BCUT2D eigenvalue weighted by Crippen LogP contribution is -2.19. The van der Waals surface area contributed by atoms with Crippen LogP contribution in [0.15, 0.2) is 60.0 Å². The van der Waals surface area contributed by atoms with Crippen molar-refractivity contribution in [3.8, 4) is 11.4 Å². The van der Waals surface area contributed by atoms with Gasteiger partial charge in [-0.3, -0.25) is 9.78 Å². The zero-order valence-corrected chi connectivity index (χ0v) is 14.7. The highest BCUT2D eigenvalue weighted by Gasteiger charge is 2.23. The molecular formula is C18H19N5OS. The predicted molar refractivity (Wildman–Crippen MR) is 97.8 cm³/mol. The highest BCUT2D eigenvalue weighted by atomic mass is 32.2. The number of hydrogen-bond donors (Lipinski definition) is 1. The predicted octanol–water partition coefficient (Wildman–Crippen LogP) is 3.07. The molecule has 1 atom stereocenters. The van der Waals surface area contributed by atoms with Crippen molar-refractivity contribution in [2.24, 2.45) is 5.73 Å². The average Bonchev–Trinajstić information content (AvgIpc) is 3.04. The molecule has 7 heteroatoms. The molecule has 1 unspecified atom stereocenters. The van der Waals surface area contributed by atoms with Gasteiger partial charge in [0.2, 0.25) is 5.91 Å². The highest BCUT2D eigenvalue weighted by molar-refractivity contribution is 8.00. The Bertz CT molecular complexity index is 835. The molecule has 3 rings (SSSR count). The minimum absolute atomic E-state index is 0.396. The maximum atomic E-state index is 12.0. The van der Waals surface area contributed by atoms with Gasteiger partial charge in [0.05, 0.1) is 0 Å². The van der Waals surface area contributed by atoms with Crippen LogP contribution in [0.5, 0.6) is 0 Å². The van der Waals surface area contributed by atoms with Crippen LogP contribution >= 0.6 is 11.8 Å². The van der Waals surface area contributed by atoms with Crippen LogP contribution in [0.3, 0.4) is 0 Å². The number of carbonyl (C=O) groups is 1. The van der Waals surface area contributed by atoms with E-state index in [4.69, 9.17) is 5.73 Å². The first-order valence-electron chi connectivity index (χ1n) is 8.05. The first-order valence-corrected chi connectivity index (χ1v) is 8.93. The molecule has 128 valence electrons. The third-order valence-electron chi connectivity index (χ3n) is 3.69. The lowest BCUT2D eigenvalue weighted by atomic mass is 10.1. The first kappa shape index (κ1) is 17.2. The number of aromatic nitrogens is 4. The molecule has 0 aliphatic rings. The molecule has 1 amide bonds. The highest BCUT2D eigenvalue weighted by Crippen LogP contribution is 2.35. The van der Waals surface area contributed by atoms with Crippen LogP contribution < -0.4 is 5.73 Å². The van der Waals surface area contributed by atoms with E-state index in [2.05, 4.69) is 22.1 Å². The quantitative estimate of drug-likeness (QED) is 0.660. The van der Waals surface area contributed by atoms with Crippen molar-refractivity contribution in [3.05, 3.63) is 60.4 Å². The zero-order chi connectivity index (χ0) is 17.6. The Hall–Kier alpha value is -2.67. The smallest absolute Gasteiger partial charge is 0.235 e.